The van der Waals surface area contributed by atoms with Gasteiger partial charge in [-0.3, -0.25) is 0 Å². The van der Waals surface area contributed by atoms with E-state index in [9.17, 15) is 30.6 Å². The Morgan fingerprint density at radius 2 is 1.50 bits per heavy atom. The Kier molecular flexibility index (Phi) is 8.55. The Morgan fingerprint density at radius 1 is 0.868 bits per heavy atom. The molecule has 0 radical (unpaired) electrons. The first-order valence-corrected chi connectivity index (χ1v) is 12.4. The van der Waals surface area contributed by atoms with Crippen molar-refractivity contribution in [3.05, 3.63) is 41.0 Å². The molecule has 0 saturated carbocycles. The lowest BCUT2D eigenvalue weighted by Gasteiger charge is -2.42. The first-order valence-electron chi connectivity index (χ1n) is 12.4. The van der Waals surface area contributed by atoms with E-state index in [0.29, 0.717) is 17.7 Å². The summed E-state index contributed by atoms with van der Waals surface area (Å²) in [6.45, 7) is 1.37. The Balaban J connectivity index is 1.78. The number of benzene rings is 2. The molecule has 2 aromatic rings. The first kappa shape index (κ1) is 28.2. The summed E-state index contributed by atoms with van der Waals surface area (Å²) in [4.78, 5) is 0. The minimum absolute atomic E-state index is 0.00903. The Hall–Kier alpha value is -2.80. The minimum Gasteiger partial charge on any atom is -0.504 e. The number of aliphatic hydroxyl groups excluding tert-OH is 4. The molecule has 4 rings (SSSR count). The Bertz CT molecular complexity index is 1100. The predicted molar refractivity (Wildman–Crippen MR) is 134 cm³/mol. The van der Waals surface area contributed by atoms with E-state index in [1.165, 1.54) is 21.3 Å². The van der Waals surface area contributed by atoms with Gasteiger partial charge in [-0.1, -0.05) is 0 Å². The fourth-order valence-electron chi connectivity index (χ4n) is 5.50. The van der Waals surface area contributed by atoms with E-state index in [0.717, 1.165) is 11.1 Å². The van der Waals surface area contributed by atoms with Gasteiger partial charge < -0.3 is 54.3 Å². The number of hydrogen-bond acceptors (Lipinski definition) is 11. The lowest BCUT2D eigenvalue weighted by atomic mass is 9.66. The highest BCUT2D eigenvalue weighted by molar-refractivity contribution is 5.57. The number of hydrogen-bond donors (Lipinski definition) is 6. The number of rotatable bonds is 8. The van der Waals surface area contributed by atoms with E-state index in [1.54, 1.807) is 31.2 Å². The molecular formula is C27H36O11. The van der Waals surface area contributed by atoms with Crippen molar-refractivity contribution >= 4 is 0 Å². The van der Waals surface area contributed by atoms with Gasteiger partial charge in [0.25, 0.3) is 0 Å². The van der Waals surface area contributed by atoms with E-state index >= 15 is 0 Å². The van der Waals surface area contributed by atoms with Crippen LogP contribution in [0.4, 0.5) is 0 Å². The van der Waals surface area contributed by atoms with Crippen molar-refractivity contribution in [3.8, 4) is 28.7 Å². The van der Waals surface area contributed by atoms with Gasteiger partial charge in [0.1, 0.15) is 18.3 Å². The zero-order valence-electron chi connectivity index (χ0n) is 21.8. The minimum atomic E-state index is -1.48. The number of phenols is 2. The molecule has 0 amide bonds. The van der Waals surface area contributed by atoms with Crippen molar-refractivity contribution < 1.29 is 54.3 Å². The van der Waals surface area contributed by atoms with E-state index in [4.69, 9.17) is 23.7 Å². The molecule has 0 spiro atoms. The van der Waals surface area contributed by atoms with Crippen LogP contribution in [0.15, 0.2) is 24.3 Å². The fraction of sp³-hybridized carbons (Fsp3) is 0.556. The normalized spacial score (nSPS) is 30.9. The van der Waals surface area contributed by atoms with Crippen molar-refractivity contribution in [2.24, 2.45) is 11.8 Å². The van der Waals surface area contributed by atoms with E-state index < -0.39 is 42.5 Å². The summed E-state index contributed by atoms with van der Waals surface area (Å²) in [7, 11) is 4.30. The van der Waals surface area contributed by atoms with Gasteiger partial charge in [-0.25, -0.2) is 0 Å². The molecule has 1 heterocycles. The lowest BCUT2D eigenvalue weighted by Crippen LogP contribution is -2.57. The molecule has 0 aromatic heterocycles. The van der Waals surface area contributed by atoms with Crippen LogP contribution in [-0.4, -0.2) is 95.9 Å². The standard InChI is InChI=1S/C27H36O11/c1-12-23(30)25(32)26(33)27(38-12)37-11-17-15(10-28)5-13-6-19(34-2)18(29)9-16(13)22(17)14-7-20(35-3)24(31)21(8-14)36-4/h6-9,12,15,17,22-23,25-33H,5,10-11H2,1-4H3/t12-,15+,17+,22+,23-,25+,26+,27+/m0/s1. The summed E-state index contributed by atoms with van der Waals surface area (Å²) in [5.41, 5.74) is 2.28. The zero-order valence-corrected chi connectivity index (χ0v) is 21.8. The summed E-state index contributed by atoms with van der Waals surface area (Å²) >= 11 is 0. The molecule has 11 nitrogen and oxygen atoms in total. The highest BCUT2D eigenvalue weighted by atomic mass is 16.7. The van der Waals surface area contributed by atoms with E-state index in [1.807, 2.05) is 0 Å². The molecule has 1 saturated heterocycles. The molecule has 0 unspecified atom stereocenters. The third kappa shape index (κ3) is 5.09. The van der Waals surface area contributed by atoms with Crippen molar-refractivity contribution in [1.29, 1.82) is 0 Å². The van der Waals surface area contributed by atoms with Crippen LogP contribution in [0, 0.1) is 11.8 Å². The highest BCUT2D eigenvalue weighted by Crippen LogP contribution is 2.50. The van der Waals surface area contributed by atoms with Crippen LogP contribution in [0.5, 0.6) is 28.7 Å². The van der Waals surface area contributed by atoms with Crippen molar-refractivity contribution in [2.75, 3.05) is 34.5 Å². The quantitative estimate of drug-likeness (QED) is 0.283. The lowest BCUT2D eigenvalue weighted by molar-refractivity contribution is -0.296. The van der Waals surface area contributed by atoms with Gasteiger partial charge in [-0.15, -0.1) is 0 Å². The van der Waals surface area contributed by atoms with Gasteiger partial charge in [0, 0.05) is 12.5 Å². The number of methoxy groups -OCH3 is 3. The average Bonchev–Trinajstić information content (AvgIpc) is 2.92. The van der Waals surface area contributed by atoms with Crippen LogP contribution >= 0.6 is 0 Å². The molecule has 1 aliphatic heterocycles. The van der Waals surface area contributed by atoms with Crippen LogP contribution < -0.4 is 14.2 Å². The molecule has 2 aromatic carbocycles. The monoisotopic (exact) mass is 536 g/mol. The van der Waals surface area contributed by atoms with Gasteiger partial charge >= 0.3 is 0 Å². The second kappa shape index (κ2) is 11.5. The SMILES string of the molecule is COc1cc2c(cc1O)[C@@H](c1cc(OC)c(O)c(OC)c1)[C@H](CO[C@@H]1O[C@@H](C)[C@H](O)[C@@H](O)[C@H]1O)[C@@H](CO)C2. The van der Waals surface area contributed by atoms with Crippen molar-refractivity contribution in [3.63, 3.8) is 0 Å². The maximum absolute atomic E-state index is 10.6. The molecule has 2 aliphatic rings. The number of phenolic OH excluding ortho intramolecular Hbond substituents is 2. The van der Waals surface area contributed by atoms with Crippen LogP contribution in [0.25, 0.3) is 0 Å². The third-order valence-electron chi connectivity index (χ3n) is 7.65. The van der Waals surface area contributed by atoms with Crippen molar-refractivity contribution in [1.82, 2.24) is 0 Å². The summed E-state index contributed by atoms with van der Waals surface area (Å²) < 4.78 is 27.6. The molecule has 8 atom stereocenters. The second-order valence-corrected chi connectivity index (χ2v) is 9.80. The summed E-state index contributed by atoms with van der Waals surface area (Å²) in [6, 6.07) is 6.67. The number of fused-ring (bicyclic) bond motifs is 1. The third-order valence-corrected chi connectivity index (χ3v) is 7.65. The van der Waals surface area contributed by atoms with Gasteiger partial charge in [-0.2, -0.15) is 0 Å². The Morgan fingerprint density at radius 3 is 2.08 bits per heavy atom. The molecular weight excluding hydrogens is 500 g/mol. The zero-order chi connectivity index (χ0) is 27.7. The fourth-order valence-corrected chi connectivity index (χ4v) is 5.50. The molecule has 1 fully saturated rings. The average molecular weight is 537 g/mol. The van der Waals surface area contributed by atoms with E-state index in [2.05, 4.69) is 0 Å². The van der Waals surface area contributed by atoms with Crippen molar-refractivity contribution in [2.45, 2.75) is 50.0 Å². The van der Waals surface area contributed by atoms with Crippen LogP contribution in [0.1, 0.15) is 29.5 Å². The number of aromatic hydroxyl groups is 2. The molecule has 38 heavy (non-hydrogen) atoms. The maximum atomic E-state index is 10.6. The van der Waals surface area contributed by atoms with E-state index in [-0.39, 0.29) is 42.1 Å². The smallest absolute Gasteiger partial charge is 0.200 e. The molecule has 1 aliphatic carbocycles. The molecule has 11 heteroatoms. The first-order chi connectivity index (χ1) is 18.1. The summed E-state index contributed by atoms with van der Waals surface area (Å²) in [5.74, 6) is -0.773. The number of ether oxygens (including phenoxy) is 5. The van der Waals surface area contributed by atoms with Gasteiger partial charge in [0.2, 0.25) is 5.75 Å². The predicted octanol–water partition coefficient (Wildman–Crippen LogP) is 0.880. The summed E-state index contributed by atoms with van der Waals surface area (Å²) in [5, 5.41) is 62.2. The largest absolute Gasteiger partial charge is 0.504 e. The van der Waals surface area contributed by atoms with Gasteiger partial charge in [0.15, 0.2) is 29.3 Å². The summed E-state index contributed by atoms with van der Waals surface area (Å²) in [6.07, 6.45) is -5.73. The van der Waals surface area contributed by atoms with Crippen LogP contribution in [-0.2, 0) is 15.9 Å². The topological polar surface area (TPSA) is 168 Å². The van der Waals surface area contributed by atoms with Gasteiger partial charge in [-0.05, 0) is 66.1 Å². The maximum Gasteiger partial charge on any atom is 0.200 e. The van der Waals surface area contributed by atoms with Crippen LogP contribution in [0.3, 0.4) is 0 Å². The number of aliphatic hydroxyl groups is 4. The molecule has 0 bridgehead atoms. The van der Waals surface area contributed by atoms with Gasteiger partial charge in [0.05, 0.1) is 34.0 Å². The highest BCUT2D eigenvalue weighted by Gasteiger charge is 2.44. The molecule has 6 N–H and O–H groups in total. The Labute approximate surface area is 220 Å². The molecule has 210 valence electrons. The second-order valence-electron chi connectivity index (χ2n) is 9.80. The van der Waals surface area contributed by atoms with Crippen LogP contribution in [0.2, 0.25) is 0 Å².